The van der Waals surface area contributed by atoms with Crippen molar-refractivity contribution in [3.05, 3.63) is 47.9 Å². The highest BCUT2D eigenvalue weighted by Gasteiger charge is 2.01. The second-order valence-corrected chi connectivity index (χ2v) is 4.55. The van der Waals surface area contributed by atoms with E-state index in [0.717, 1.165) is 22.2 Å². The van der Waals surface area contributed by atoms with E-state index >= 15 is 0 Å². The van der Waals surface area contributed by atoms with Crippen molar-refractivity contribution in [2.75, 3.05) is 7.11 Å². The molecule has 1 heterocycles. The van der Waals surface area contributed by atoms with E-state index in [9.17, 15) is 0 Å². The lowest BCUT2D eigenvalue weighted by molar-refractivity contribution is 0.414. The molecule has 0 aliphatic heterocycles. The van der Waals surface area contributed by atoms with E-state index in [4.69, 9.17) is 4.74 Å². The van der Waals surface area contributed by atoms with Gasteiger partial charge in [0.2, 0.25) is 0 Å². The first kappa shape index (κ1) is 11.9. The van der Waals surface area contributed by atoms with E-state index in [-0.39, 0.29) is 0 Å². The fourth-order valence-electron chi connectivity index (χ4n) is 1.41. The van der Waals surface area contributed by atoms with Gasteiger partial charge in [-0.25, -0.2) is 4.98 Å². The number of ether oxygens (including phenoxy) is 1. The van der Waals surface area contributed by atoms with Crippen molar-refractivity contribution >= 4 is 11.8 Å². The molecule has 0 atom stereocenters. The van der Waals surface area contributed by atoms with Crippen molar-refractivity contribution in [2.45, 2.75) is 17.7 Å². The first-order valence-corrected chi connectivity index (χ1v) is 6.31. The Morgan fingerprint density at radius 3 is 2.47 bits per heavy atom. The predicted octanol–water partition coefficient (Wildman–Crippen LogP) is 3.09. The fraction of sp³-hybridized carbons (Fsp3) is 0.231. The van der Waals surface area contributed by atoms with Gasteiger partial charge in [-0.3, -0.25) is 4.98 Å². The molecule has 0 radical (unpaired) electrons. The number of aromatic nitrogens is 2. The second kappa shape index (κ2) is 5.68. The summed E-state index contributed by atoms with van der Waals surface area (Å²) in [6, 6.07) is 8.08. The van der Waals surface area contributed by atoms with Crippen LogP contribution in [0, 0.1) is 6.92 Å². The number of benzene rings is 1. The van der Waals surface area contributed by atoms with Crippen LogP contribution in [0.15, 0.2) is 41.7 Å². The molecule has 2 rings (SSSR count). The van der Waals surface area contributed by atoms with Crippen LogP contribution >= 0.6 is 11.8 Å². The Bertz CT molecular complexity index is 485. The summed E-state index contributed by atoms with van der Waals surface area (Å²) in [5.41, 5.74) is 2.23. The number of rotatable bonds is 4. The summed E-state index contributed by atoms with van der Waals surface area (Å²) in [5, 5.41) is 0.989. The van der Waals surface area contributed by atoms with Crippen LogP contribution in [0.3, 0.4) is 0 Å². The third kappa shape index (κ3) is 3.20. The highest BCUT2D eigenvalue weighted by Crippen LogP contribution is 2.23. The van der Waals surface area contributed by atoms with E-state index in [1.807, 2.05) is 19.1 Å². The molecule has 0 aliphatic rings. The maximum absolute atomic E-state index is 5.12. The molecule has 0 spiro atoms. The summed E-state index contributed by atoms with van der Waals surface area (Å²) < 4.78 is 5.12. The normalized spacial score (nSPS) is 10.2. The quantitative estimate of drug-likeness (QED) is 0.777. The zero-order valence-electron chi connectivity index (χ0n) is 9.88. The smallest absolute Gasteiger partial charge is 0.118 e. The molecule has 0 aliphatic carbocycles. The molecule has 4 heteroatoms. The topological polar surface area (TPSA) is 35.0 Å². The zero-order chi connectivity index (χ0) is 12.1. The predicted molar refractivity (Wildman–Crippen MR) is 69.3 cm³/mol. The van der Waals surface area contributed by atoms with Crippen molar-refractivity contribution < 1.29 is 4.74 Å². The third-order valence-corrected chi connectivity index (χ3v) is 3.52. The van der Waals surface area contributed by atoms with Gasteiger partial charge in [-0.1, -0.05) is 23.9 Å². The Morgan fingerprint density at radius 1 is 1.12 bits per heavy atom. The van der Waals surface area contributed by atoms with Gasteiger partial charge in [0.05, 0.1) is 12.8 Å². The Balaban J connectivity index is 2.00. The Labute approximate surface area is 105 Å². The molecule has 0 fully saturated rings. The largest absolute Gasteiger partial charge is 0.497 e. The summed E-state index contributed by atoms with van der Waals surface area (Å²) in [5.74, 6) is 1.78. The molecule has 0 N–H and O–H groups in total. The van der Waals surface area contributed by atoms with Gasteiger partial charge in [-0.05, 0) is 24.6 Å². The SMILES string of the molecule is COc1ccc(CSc2nccnc2C)cc1. The highest BCUT2D eigenvalue weighted by molar-refractivity contribution is 7.98. The Morgan fingerprint density at radius 2 is 1.82 bits per heavy atom. The first-order valence-electron chi connectivity index (χ1n) is 5.33. The number of hydrogen-bond acceptors (Lipinski definition) is 4. The lowest BCUT2D eigenvalue weighted by atomic mass is 10.2. The van der Waals surface area contributed by atoms with Crippen molar-refractivity contribution in [1.29, 1.82) is 0 Å². The van der Waals surface area contributed by atoms with E-state index in [2.05, 4.69) is 22.1 Å². The van der Waals surface area contributed by atoms with Crippen molar-refractivity contribution in [3.8, 4) is 5.75 Å². The molecule has 2 aromatic rings. The van der Waals surface area contributed by atoms with Crippen LogP contribution in [0.25, 0.3) is 0 Å². The summed E-state index contributed by atoms with van der Waals surface area (Å²) in [4.78, 5) is 8.52. The summed E-state index contributed by atoms with van der Waals surface area (Å²) >= 11 is 1.70. The third-order valence-electron chi connectivity index (χ3n) is 2.37. The maximum atomic E-state index is 5.12. The van der Waals surface area contributed by atoms with Crippen LogP contribution in [0.2, 0.25) is 0 Å². The van der Waals surface area contributed by atoms with Crippen molar-refractivity contribution in [2.24, 2.45) is 0 Å². The van der Waals surface area contributed by atoms with Gasteiger partial charge in [0, 0.05) is 18.1 Å². The molecule has 0 unspecified atom stereocenters. The lowest BCUT2D eigenvalue weighted by Crippen LogP contribution is -1.89. The molecule has 0 bridgehead atoms. The van der Waals surface area contributed by atoms with Gasteiger partial charge in [0.25, 0.3) is 0 Å². The van der Waals surface area contributed by atoms with Crippen LogP contribution in [0.4, 0.5) is 0 Å². The summed E-state index contributed by atoms with van der Waals surface area (Å²) in [6.45, 7) is 1.98. The molecule has 1 aromatic carbocycles. The van der Waals surface area contributed by atoms with Crippen LogP contribution in [0.1, 0.15) is 11.3 Å². The van der Waals surface area contributed by atoms with Crippen LogP contribution < -0.4 is 4.74 Å². The second-order valence-electron chi connectivity index (χ2n) is 3.58. The number of nitrogens with zero attached hydrogens (tertiary/aromatic N) is 2. The Kier molecular flexibility index (Phi) is 3.98. The molecule has 17 heavy (non-hydrogen) atoms. The van der Waals surface area contributed by atoms with E-state index < -0.39 is 0 Å². The summed E-state index contributed by atoms with van der Waals surface area (Å²) in [6.07, 6.45) is 3.44. The monoisotopic (exact) mass is 246 g/mol. The van der Waals surface area contributed by atoms with Crippen molar-refractivity contribution in [3.63, 3.8) is 0 Å². The van der Waals surface area contributed by atoms with E-state index in [0.29, 0.717) is 0 Å². The van der Waals surface area contributed by atoms with Gasteiger partial charge >= 0.3 is 0 Å². The number of methoxy groups -OCH3 is 1. The number of hydrogen-bond donors (Lipinski definition) is 0. The number of thioether (sulfide) groups is 1. The fourth-order valence-corrected chi connectivity index (χ4v) is 2.30. The minimum Gasteiger partial charge on any atom is -0.497 e. The maximum Gasteiger partial charge on any atom is 0.118 e. The number of aryl methyl sites for hydroxylation is 1. The molecule has 0 saturated heterocycles. The van der Waals surface area contributed by atoms with Crippen LogP contribution in [-0.2, 0) is 5.75 Å². The molecule has 0 saturated carbocycles. The van der Waals surface area contributed by atoms with Gasteiger partial charge in [-0.2, -0.15) is 0 Å². The highest BCUT2D eigenvalue weighted by atomic mass is 32.2. The zero-order valence-corrected chi connectivity index (χ0v) is 10.7. The minimum absolute atomic E-state index is 0.884. The molecule has 1 aromatic heterocycles. The average Bonchev–Trinajstić information content (AvgIpc) is 2.38. The molecule has 3 nitrogen and oxygen atoms in total. The summed E-state index contributed by atoms with van der Waals surface area (Å²) in [7, 11) is 1.67. The van der Waals surface area contributed by atoms with Crippen LogP contribution in [-0.4, -0.2) is 17.1 Å². The van der Waals surface area contributed by atoms with Crippen molar-refractivity contribution in [1.82, 2.24) is 9.97 Å². The van der Waals surface area contributed by atoms with E-state index in [1.54, 1.807) is 31.3 Å². The molecule has 88 valence electrons. The van der Waals surface area contributed by atoms with Gasteiger partial charge in [0.1, 0.15) is 10.8 Å². The van der Waals surface area contributed by atoms with Crippen LogP contribution in [0.5, 0.6) is 5.75 Å². The average molecular weight is 246 g/mol. The first-order chi connectivity index (χ1) is 8.29. The lowest BCUT2D eigenvalue weighted by Gasteiger charge is -2.04. The Hall–Kier alpha value is -1.55. The van der Waals surface area contributed by atoms with Gasteiger partial charge in [-0.15, -0.1) is 0 Å². The molecular formula is C13H14N2OS. The standard InChI is InChI=1S/C13H14N2OS/c1-10-13(15-8-7-14-10)17-9-11-3-5-12(16-2)6-4-11/h3-8H,9H2,1-2H3. The van der Waals surface area contributed by atoms with Gasteiger partial charge < -0.3 is 4.74 Å². The minimum atomic E-state index is 0.884. The molecule has 0 amide bonds. The van der Waals surface area contributed by atoms with E-state index in [1.165, 1.54) is 5.56 Å². The van der Waals surface area contributed by atoms with Gasteiger partial charge in [0.15, 0.2) is 0 Å². The molecular weight excluding hydrogens is 232 g/mol.